The maximum atomic E-state index is 14.0. The molecule has 2 aromatic carbocycles. The minimum absolute atomic E-state index is 0.0705. The first-order chi connectivity index (χ1) is 22.4. The Morgan fingerprint density at radius 1 is 0.878 bits per heavy atom. The molecule has 1 aromatic heterocycles. The molecule has 0 radical (unpaired) electrons. The predicted molar refractivity (Wildman–Crippen MR) is 174 cm³/mol. The second-order valence-corrected chi connectivity index (χ2v) is 14.4. The highest BCUT2D eigenvalue weighted by atomic mass is 19.4. The van der Waals surface area contributed by atoms with E-state index in [0.717, 1.165) is 19.3 Å². The van der Waals surface area contributed by atoms with Gasteiger partial charge >= 0.3 is 24.1 Å². The molecule has 7 nitrogen and oxygen atoms in total. The quantitative estimate of drug-likeness (QED) is 0.0774. The summed E-state index contributed by atoms with van der Waals surface area (Å²) in [5.74, 6) is -3.69. The summed E-state index contributed by atoms with van der Waals surface area (Å²) in [6.07, 6.45) is -6.43. The van der Waals surface area contributed by atoms with Gasteiger partial charge in [-0.2, -0.15) is 13.2 Å². The lowest BCUT2D eigenvalue weighted by Gasteiger charge is -2.43. The highest BCUT2D eigenvalue weighted by Crippen LogP contribution is 2.42. The molecule has 0 bridgehead atoms. The van der Waals surface area contributed by atoms with Crippen LogP contribution in [0, 0.1) is 16.7 Å². The zero-order valence-corrected chi connectivity index (χ0v) is 28.9. The van der Waals surface area contributed by atoms with E-state index in [2.05, 4.69) is 4.74 Å². The smallest absolute Gasteiger partial charge is 0.493 e. The fourth-order valence-electron chi connectivity index (χ4n) is 5.50. The Balaban J connectivity index is 1.84. The number of carbonyl (C=O) groups excluding carboxylic acids is 1. The molecular weight excluding hydrogens is 656 g/mol. The zero-order chi connectivity index (χ0) is 37.0. The Morgan fingerprint density at radius 2 is 1.55 bits per heavy atom. The molecule has 2 unspecified atom stereocenters. The molecule has 0 aliphatic heterocycles. The van der Waals surface area contributed by atoms with Crippen LogP contribution in [0.4, 0.5) is 26.3 Å². The third-order valence-corrected chi connectivity index (χ3v) is 8.42. The average molecular weight is 702 g/mol. The van der Waals surface area contributed by atoms with Crippen LogP contribution in [0.15, 0.2) is 51.7 Å². The summed E-state index contributed by atoms with van der Waals surface area (Å²) in [6.45, 7) is 10.5. The third kappa shape index (κ3) is 10.9. The van der Waals surface area contributed by atoms with Crippen LogP contribution in [0.1, 0.15) is 79.7 Å². The fraction of sp³-hybridized carbons (Fsp3) is 0.556. The molecule has 0 saturated carbocycles. The molecule has 3 aromatic rings. The van der Waals surface area contributed by atoms with Crippen molar-refractivity contribution < 1.29 is 49.8 Å². The van der Waals surface area contributed by atoms with Crippen LogP contribution >= 0.6 is 0 Å². The molecule has 3 rings (SSSR count). The van der Waals surface area contributed by atoms with Gasteiger partial charge in [-0.05, 0) is 75.3 Å². The van der Waals surface area contributed by atoms with Crippen LogP contribution in [0.5, 0.6) is 11.5 Å². The third-order valence-electron chi connectivity index (χ3n) is 8.42. The van der Waals surface area contributed by atoms with Gasteiger partial charge in [-0.1, -0.05) is 52.7 Å². The van der Waals surface area contributed by atoms with Gasteiger partial charge in [-0.15, -0.1) is 13.2 Å². The van der Waals surface area contributed by atoms with E-state index in [1.54, 1.807) is 26.8 Å². The SMILES string of the molecule is CCCCCc1ccc(-c2cc3ccc(OCC(COC(=O)C(C)(CC(C)(C)C)C(C)(C)N)C(F)(F)F)cc3oc2=O)c(OC(F)(F)F)c1. The van der Waals surface area contributed by atoms with Crippen LogP contribution in [-0.4, -0.2) is 37.3 Å². The Morgan fingerprint density at radius 3 is 2.12 bits per heavy atom. The molecule has 0 fully saturated rings. The number of benzene rings is 2. The molecule has 2 N–H and O–H groups in total. The van der Waals surface area contributed by atoms with Crippen LogP contribution in [0.25, 0.3) is 22.1 Å². The number of nitrogens with two attached hydrogens (primary N) is 1. The number of halogens is 6. The molecule has 49 heavy (non-hydrogen) atoms. The van der Waals surface area contributed by atoms with E-state index >= 15 is 0 Å². The van der Waals surface area contributed by atoms with Crippen LogP contribution < -0.4 is 20.8 Å². The number of ether oxygens (including phenoxy) is 3. The summed E-state index contributed by atoms with van der Waals surface area (Å²) in [4.78, 5) is 26.1. The van der Waals surface area contributed by atoms with Gasteiger partial charge in [0.15, 0.2) is 0 Å². The molecule has 0 spiro atoms. The maximum absolute atomic E-state index is 14.0. The molecule has 0 aliphatic rings. The number of hydrogen-bond donors (Lipinski definition) is 1. The van der Waals surface area contributed by atoms with E-state index in [0.29, 0.717) is 12.0 Å². The molecule has 0 amide bonds. The van der Waals surface area contributed by atoms with Gasteiger partial charge in [0.05, 0.1) is 11.0 Å². The molecule has 0 saturated heterocycles. The average Bonchev–Trinajstić information content (AvgIpc) is 2.94. The van der Waals surface area contributed by atoms with Crippen LogP contribution in [0.2, 0.25) is 0 Å². The van der Waals surface area contributed by atoms with E-state index < -0.39 is 60.0 Å². The summed E-state index contributed by atoms with van der Waals surface area (Å²) in [6, 6.07) is 9.45. The number of carbonyl (C=O) groups is 1. The van der Waals surface area contributed by atoms with Gasteiger partial charge < -0.3 is 24.4 Å². The summed E-state index contributed by atoms with van der Waals surface area (Å²) >= 11 is 0. The Hall–Kier alpha value is -3.74. The first-order valence-electron chi connectivity index (χ1n) is 16.1. The largest absolute Gasteiger partial charge is 0.573 e. The van der Waals surface area contributed by atoms with Gasteiger partial charge in [0.2, 0.25) is 0 Å². The van der Waals surface area contributed by atoms with Gasteiger partial charge in [0.1, 0.15) is 36.2 Å². The van der Waals surface area contributed by atoms with Crippen LogP contribution in [-0.2, 0) is 16.0 Å². The van der Waals surface area contributed by atoms with Gasteiger partial charge in [0.25, 0.3) is 0 Å². The first-order valence-corrected chi connectivity index (χ1v) is 16.1. The number of esters is 1. The Bertz CT molecular complexity index is 1650. The van der Waals surface area contributed by atoms with Crippen molar-refractivity contribution in [3.8, 4) is 22.6 Å². The van der Waals surface area contributed by atoms with Gasteiger partial charge in [0, 0.05) is 22.6 Å². The summed E-state index contributed by atoms with van der Waals surface area (Å²) in [5.41, 5.74) is 2.74. The van der Waals surface area contributed by atoms with Crippen molar-refractivity contribution >= 4 is 16.9 Å². The number of hydrogen-bond acceptors (Lipinski definition) is 7. The monoisotopic (exact) mass is 701 g/mol. The summed E-state index contributed by atoms with van der Waals surface area (Å²) in [5, 5.41) is 0.274. The second-order valence-electron chi connectivity index (χ2n) is 14.4. The zero-order valence-electron chi connectivity index (χ0n) is 28.9. The number of aryl methyl sites for hydroxylation is 1. The first kappa shape index (κ1) is 39.7. The molecular formula is C36H45F6NO6. The minimum atomic E-state index is -5.01. The number of alkyl halides is 6. The van der Waals surface area contributed by atoms with Crippen molar-refractivity contribution in [2.75, 3.05) is 13.2 Å². The van der Waals surface area contributed by atoms with E-state index in [-0.39, 0.29) is 39.7 Å². The lowest BCUT2D eigenvalue weighted by atomic mass is 9.65. The molecule has 13 heteroatoms. The van der Waals surface area contributed by atoms with E-state index in [9.17, 15) is 35.9 Å². The maximum Gasteiger partial charge on any atom is 0.573 e. The second kappa shape index (κ2) is 15.0. The van der Waals surface area contributed by atoms with Crippen molar-refractivity contribution in [1.82, 2.24) is 0 Å². The molecule has 0 aliphatic carbocycles. The Kier molecular flexibility index (Phi) is 12.2. The molecule has 2 atom stereocenters. The van der Waals surface area contributed by atoms with Gasteiger partial charge in [-0.3, -0.25) is 4.79 Å². The summed E-state index contributed by atoms with van der Waals surface area (Å²) in [7, 11) is 0. The number of rotatable bonds is 14. The topological polar surface area (TPSA) is 101 Å². The lowest BCUT2D eigenvalue weighted by molar-refractivity contribution is -0.274. The van der Waals surface area contributed by atoms with Crippen molar-refractivity contribution in [1.29, 1.82) is 0 Å². The standard InChI is InChI=1S/C36H45F6NO6/c1-8-9-10-11-22-12-15-26(29(16-22)49-36(40,41)42)27-17-23-13-14-25(18-28(23)48-30(27)44)46-19-24(35(37,38)39)20-47-31(45)34(7,33(5,6)43)21-32(2,3)4/h12-18,24H,8-11,19-21,43H2,1-7H3. The van der Waals surface area contributed by atoms with E-state index in [4.69, 9.17) is 19.6 Å². The lowest BCUT2D eigenvalue weighted by Crippen LogP contribution is -2.56. The van der Waals surface area contributed by atoms with Crippen molar-refractivity contribution in [2.24, 2.45) is 22.5 Å². The Labute approximate surface area is 282 Å². The minimum Gasteiger partial charge on any atom is -0.493 e. The highest BCUT2D eigenvalue weighted by Gasteiger charge is 2.49. The fourth-order valence-corrected chi connectivity index (χ4v) is 5.50. The van der Waals surface area contributed by atoms with Crippen LogP contribution in [0.3, 0.4) is 0 Å². The summed E-state index contributed by atoms with van der Waals surface area (Å²) < 4.78 is 102. The molecule has 1 heterocycles. The van der Waals surface area contributed by atoms with Crippen molar-refractivity contribution in [3.63, 3.8) is 0 Å². The van der Waals surface area contributed by atoms with Crippen molar-refractivity contribution in [3.05, 3.63) is 58.4 Å². The van der Waals surface area contributed by atoms with E-state index in [1.807, 2.05) is 27.7 Å². The van der Waals surface area contributed by atoms with Crippen molar-refractivity contribution in [2.45, 2.75) is 98.6 Å². The number of fused-ring (bicyclic) bond motifs is 1. The van der Waals surface area contributed by atoms with E-state index in [1.165, 1.54) is 36.4 Å². The normalized spacial score (nSPS) is 14.7. The molecule has 272 valence electrons. The van der Waals surface area contributed by atoms with Gasteiger partial charge in [-0.25, -0.2) is 4.79 Å². The predicted octanol–water partition coefficient (Wildman–Crippen LogP) is 9.37. The highest BCUT2D eigenvalue weighted by molar-refractivity contribution is 5.84. The number of unbranched alkanes of at least 4 members (excludes halogenated alkanes) is 2.